The Labute approximate surface area is 271 Å². The SMILES string of the molecule is O=C(O)/C=C\C(=O)O.Oc1cc2c(cc1Cl)C(Cc1ccc3ccc4c5ccccc5ccc4c3c1)CNCC2c1ccccc1. The van der Waals surface area contributed by atoms with Gasteiger partial charge in [0.05, 0.1) is 5.02 Å². The summed E-state index contributed by atoms with van der Waals surface area (Å²) in [5.74, 6) is -1.96. The van der Waals surface area contributed by atoms with Gasteiger partial charge < -0.3 is 20.6 Å². The van der Waals surface area contributed by atoms with Gasteiger partial charge in [0.1, 0.15) is 5.75 Å². The minimum atomic E-state index is -1.26. The van der Waals surface area contributed by atoms with Crippen LogP contribution in [0.15, 0.2) is 121 Å². The molecule has 230 valence electrons. The van der Waals surface area contributed by atoms with Gasteiger partial charge in [0.2, 0.25) is 0 Å². The van der Waals surface area contributed by atoms with Crippen LogP contribution in [0.2, 0.25) is 5.02 Å². The number of aromatic hydroxyl groups is 1. The lowest BCUT2D eigenvalue weighted by Crippen LogP contribution is -2.23. The first-order valence-electron chi connectivity index (χ1n) is 15.0. The first-order chi connectivity index (χ1) is 22.3. The van der Waals surface area contributed by atoms with Crippen molar-refractivity contribution in [1.29, 1.82) is 0 Å². The maximum absolute atomic E-state index is 10.5. The number of benzene rings is 6. The molecule has 6 aromatic rings. The topological polar surface area (TPSA) is 107 Å². The van der Waals surface area contributed by atoms with Crippen molar-refractivity contribution >= 4 is 55.9 Å². The minimum absolute atomic E-state index is 0.149. The molecule has 2 atom stereocenters. The van der Waals surface area contributed by atoms with Crippen LogP contribution in [0.4, 0.5) is 0 Å². The lowest BCUT2D eigenvalue weighted by atomic mass is 9.83. The third kappa shape index (κ3) is 6.59. The Morgan fingerprint density at radius 2 is 1.33 bits per heavy atom. The zero-order valence-corrected chi connectivity index (χ0v) is 25.6. The lowest BCUT2D eigenvalue weighted by molar-refractivity contribution is -0.134. The summed E-state index contributed by atoms with van der Waals surface area (Å²) in [5, 5.41) is 38.0. The van der Waals surface area contributed by atoms with Crippen LogP contribution in [0, 0.1) is 0 Å². The molecule has 7 heteroatoms. The van der Waals surface area contributed by atoms with E-state index in [1.807, 2.05) is 18.2 Å². The minimum Gasteiger partial charge on any atom is -0.506 e. The van der Waals surface area contributed by atoms with E-state index in [1.165, 1.54) is 49.0 Å². The fourth-order valence-corrected chi connectivity index (χ4v) is 6.63. The van der Waals surface area contributed by atoms with Gasteiger partial charge in [-0.2, -0.15) is 0 Å². The van der Waals surface area contributed by atoms with E-state index < -0.39 is 11.9 Å². The highest BCUT2D eigenvalue weighted by Crippen LogP contribution is 2.40. The summed E-state index contributed by atoms with van der Waals surface area (Å²) in [7, 11) is 0. The Morgan fingerprint density at radius 3 is 2.04 bits per heavy atom. The molecule has 0 aromatic heterocycles. The molecule has 4 N–H and O–H groups in total. The molecule has 6 aromatic carbocycles. The van der Waals surface area contributed by atoms with Gasteiger partial charge in [0.15, 0.2) is 0 Å². The van der Waals surface area contributed by atoms with E-state index in [4.69, 9.17) is 21.8 Å². The molecule has 0 spiro atoms. The average Bonchev–Trinajstić information content (AvgIpc) is 3.23. The molecule has 0 radical (unpaired) electrons. The highest BCUT2D eigenvalue weighted by molar-refractivity contribution is 6.32. The first-order valence-corrected chi connectivity index (χ1v) is 15.4. The lowest BCUT2D eigenvalue weighted by Gasteiger charge is -2.22. The quantitative estimate of drug-likeness (QED) is 0.113. The number of phenolic OH excluding ortho intramolecular Hbond substituents is 1. The van der Waals surface area contributed by atoms with Gasteiger partial charge in [-0.3, -0.25) is 0 Å². The van der Waals surface area contributed by atoms with Gasteiger partial charge in [0.25, 0.3) is 0 Å². The van der Waals surface area contributed by atoms with Crippen molar-refractivity contribution in [3.63, 3.8) is 0 Å². The molecule has 0 amide bonds. The summed E-state index contributed by atoms with van der Waals surface area (Å²) in [5.41, 5.74) is 4.92. The number of aliphatic carboxylic acids is 2. The number of rotatable bonds is 5. The second-order valence-electron chi connectivity index (χ2n) is 11.5. The number of fused-ring (bicyclic) bond motifs is 6. The predicted molar refractivity (Wildman–Crippen MR) is 184 cm³/mol. The van der Waals surface area contributed by atoms with E-state index in [9.17, 15) is 14.7 Å². The Hall–Kier alpha value is -5.17. The van der Waals surface area contributed by atoms with E-state index in [0.717, 1.165) is 25.1 Å². The molecule has 0 saturated heterocycles. The molecule has 1 aliphatic heterocycles. The number of halogens is 1. The standard InChI is InChI=1S/C35H28ClNO.C4H4O4/c36-34-18-31-26(20-37-21-33(32(31)19-35(34)38)23-6-2-1-3-7-23)16-22-10-11-25-13-14-28-27-9-5-4-8-24(27)12-15-29(28)30(25)17-22;5-3(6)1-2-4(7)8/h1-15,17-19,26,33,37-38H,16,20-21H2;1-2H,(H,5,6)(H,7,8)/b;2-1-. The molecule has 0 fully saturated rings. The third-order valence-electron chi connectivity index (χ3n) is 8.57. The average molecular weight is 630 g/mol. The zero-order valence-electron chi connectivity index (χ0n) is 24.9. The Morgan fingerprint density at radius 1 is 0.696 bits per heavy atom. The van der Waals surface area contributed by atoms with Crippen molar-refractivity contribution in [2.75, 3.05) is 13.1 Å². The summed E-state index contributed by atoms with van der Waals surface area (Å²) < 4.78 is 0. The third-order valence-corrected chi connectivity index (χ3v) is 8.87. The monoisotopic (exact) mass is 629 g/mol. The first kappa shape index (κ1) is 30.8. The van der Waals surface area contributed by atoms with Gasteiger partial charge in [0, 0.05) is 37.1 Å². The zero-order chi connectivity index (χ0) is 32.2. The van der Waals surface area contributed by atoms with Crippen molar-refractivity contribution in [3.8, 4) is 5.75 Å². The molecule has 46 heavy (non-hydrogen) atoms. The summed E-state index contributed by atoms with van der Waals surface area (Å²) in [6.45, 7) is 1.68. The van der Waals surface area contributed by atoms with Crippen molar-refractivity contribution in [2.24, 2.45) is 0 Å². The van der Waals surface area contributed by atoms with E-state index in [1.54, 1.807) is 0 Å². The molecule has 1 heterocycles. The van der Waals surface area contributed by atoms with Crippen LogP contribution in [0.1, 0.15) is 34.1 Å². The smallest absolute Gasteiger partial charge is 0.328 e. The summed E-state index contributed by atoms with van der Waals surface area (Å²) >= 11 is 6.48. The van der Waals surface area contributed by atoms with Crippen molar-refractivity contribution in [2.45, 2.75) is 18.3 Å². The summed E-state index contributed by atoms with van der Waals surface area (Å²) in [6.07, 6.45) is 2.01. The fraction of sp³-hybridized carbons (Fsp3) is 0.128. The van der Waals surface area contributed by atoms with Crippen LogP contribution in [0.3, 0.4) is 0 Å². The van der Waals surface area contributed by atoms with Gasteiger partial charge >= 0.3 is 11.9 Å². The second-order valence-corrected chi connectivity index (χ2v) is 11.9. The van der Waals surface area contributed by atoms with E-state index in [2.05, 4.69) is 96.3 Å². The molecule has 0 aliphatic carbocycles. The van der Waals surface area contributed by atoms with Gasteiger partial charge in [-0.25, -0.2) is 9.59 Å². The molecular formula is C39H32ClNO5. The molecule has 0 bridgehead atoms. The van der Waals surface area contributed by atoms with E-state index in [-0.39, 0.29) is 17.6 Å². The largest absolute Gasteiger partial charge is 0.506 e. The number of hydrogen-bond acceptors (Lipinski definition) is 4. The molecule has 6 nitrogen and oxygen atoms in total. The van der Waals surface area contributed by atoms with Crippen LogP contribution >= 0.6 is 11.6 Å². The normalized spacial score (nSPS) is 16.1. The van der Waals surface area contributed by atoms with Gasteiger partial charge in [-0.05, 0) is 73.1 Å². The molecule has 0 saturated carbocycles. The Kier molecular flexibility index (Phi) is 9.01. The summed E-state index contributed by atoms with van der Waals surface area (Å²) in [6, 6.07) is 38.9. The number of carboxylic acids is 2. The van der Waals surface area contributed by atoms with Crippen LogP contribution in [0.25, 0.3) is 32.3 Å². The highest BCUT2D eigenvalue weighted by Gasteiger charge is 2.27. The van der Waals surface area contributed by atoms with E-state index >= 15 is 0 Å². The fourth-order valence-electron chi connectivity index (χ4n) is 6.45. The van der Waals surface area contributed by atoms with Crippen molar-refractivity contribution in [3.05, 3.63) is 149 Å². The predicted octanol–water partition coefficient (Wildman–Crippen LogP) is 8.28. The molecule has 1 aliphatic rings. The number of carbonyl (C=O) groups is 2. The van der Waals surface area contributed by atoms with Crippen LogP contribution in [0.5, 0.6) is 5.75 Å². The molecular weight excluding hydrogens is 598 g/mol. The van der Waals surface area contributed by atoms with Crippen molar-refractivity contribution < 1.29 is 24.9 Å². The van der Waals surface area contributed by atoms with Crippen molar-refractivity contribution in [1.82, 2.24) is 5.32 Å². The number of hydrogen-bond donors (Lipinski definition) is 4. The number of nitrogens with one attached hydrogen (secondary N) is 1. The second kappa shape index (κ2) is 13.4. The maximum atomic E-state index is 10.5. The van der Waals surface area contributed by atoms with E-state index in [0.29, 0.717) is 17.2 Å². The van der Waals surface area contributed by atoms with Gasteiger partial charge in [-0.1, -0.05) is 109 Å². The Bertz CT molecular complexity index is 2090. The maximum Gasteiger partial charge on any atom is 0.328 e. The summed E-state index contributed by atoms with van der Waals surface area (Å²) in [4.78, 5) is 19.1. The van der Waals surface area contributed by atoms with Gasteiger partial charge in [-0.15, -0.1) is 0 Å². The molecule has 2 unspecified atom stereocenters. The highest BCUT2D eigenvalue weighted by atomic mass is 35.5. The van der Waals surface area contributed by atoms with Crippen LogP contribution in [-0.4, -0.2) is 40.3 Å². The number of carboxylic acid groups (broad SMARTS) is 2. The van der Waals surface area contributed by atoms with Crippen LogP contribution in [-0.2, 0) is 16.0 Å². The molecule has 7 rings (SSSR count). The Balaban J connectivity index is 0.000000414. The van der Waals surface area contributed by atoms with Crippen LogP contribution < -0.4 is 5.32 Å². The number of phenols is 1.